The lowest BCUT2D eigenvalue weighted by atomic mass is 9.90. The summed E-state index contributed by atoms with van der Waals surface area (Å²) < 4.78 is 58.6. The summed E-state index contributed by atoms with van der Waals surface area (Å²) in [5, 5.41) is 3.96. The van der Waals surface area contributed by atoms with Gasteiger partial charge in [0.2, 0.25) is 0 Å². The number of rotatable bonds is 3. The normalized spacial score (nSPS) is 28.5. The number of aromatic nitrogens is 2. The number of ether oxygens (including phenoxy) is 1. The van der Waals surface area contributed by atoms with Gasteiger partial charge in [0.1, 0.15) is 17.7 Å². The summed E-state index contributed by atoms with van der Waals surface area (Å²) in [6.07, 6.45) is 2.16. The van der Waals surface area contributed by atoms with E-state index in [-0.39, 0.29) is 17.7 Å². The summed E-state index contributed by atoms with van der Waals surface area (Å²) >= 11 is 0. The van der Waals surface area contributed by atoms with E-state index >= 15 is 0 Å². The van der Waals surface area contributed by atoms with Gasteiger partial charge in [0.25, 0.3) is 10.0 Å². The van der Waals surface area contributed by atoms with Crippen LogP contribution in [-0.2, 0) is 27.8 Å². The first kappa shape index (κ1) is 19.4. The molecule has 0 unspecified atom stereocenters. The van der Waals surface area contributed by atoms with Crippen molar-refractivity contribution in [2.24, 2.45) is 5.73 Å². The average molecular weight is 412 g/mol. The van der Waals surface area contributed by atoms with Crippen LogP contribution in [0.2, 0.25) is 0 Å². The van der Waals surface area contributed by atoms with Crippen LogP contribution >= 0.6 is 0 Å². The molecule has 2 aliphatic heterocycles. The fraction of sp³-hybridized carbons (Fsp3) is 0.500. The SMILES string of the molecule is C[C@H]1O[C@H](c2cc(F)ccc2F)[C@@H](N)C[C@H]1N1Cc2cnn(S(C)(=O)=O)c2C1. The second-order valence-corrected chi connectivity index (χ2v) is 9.33. The maximum absolute atomic E-state index is 14.2. The number of fused-ring (bicyclic) bond motifs is 1. The molecule has 0 radical (unpaired) electrons. The Morgan fingerprint density at radius 1 is 1.29 bits per heavy atom. The zero-order valence-electron chi connectivity index (χ0n) is 15.5. The Morgan fingerprint density at radius 2 is 2.04 bits per heavy atom. The standard InChI is InChI=1S/C18H22F2N4O3S/c1-10-16(23-8-11-7-22-24(17(11)9-23)28(2,25)26)6-15(21)18(27-10)13-5-12(19)3-4-14(13)20/h3-5,7,10,15-16,18H,6,8-9,21H2,1-2H3/t10-,15+,16-,18-/m1/s1. The largest absolute Gasteiger partial charge is 0.367 e. The van der Waals surface area contributed by atoms with Gasteiger partial charge in [0, 0.05) is 36.3 Å². The lowest BCUT2D eigenvalue weighted by molar-refractivity contribution is -0.104. The quantitative estimate of drug-likeness (QED) is 0.822. The molecular weight excluding hydrogens is 390 g/mol. The monoisotopic (exact) mass is 412 g/mol. The molecular formula is C18H22F2N4O3S. The Morgan fingerprint density at radius 3 is 2.75 bits per heavy atom. The van der Waals surface area contributed by atoms with Gasteiger partial charge in [0.05, 0.1) is 24.3 Å². The van der Waals surface area contributed by atoms with E-state index in [9.17, 15) is 17.2 Å². The minimum absolute atomic E-state index is 0.0803. The van der Waals surface area contributed by atoms with Gasteiger partial charge in [-0.1, -0.05) is 0 Å². The lowest BCUT2D eigenvalue weighted by Gasteiger charge is -2.43. The first-order chi connectivity index (χ1) is 13.1. The number of halogens is 2. The molecule has 2 aromatic rings. The molecule has 0 aliphatic carbocycles. The van der Waals surface area contributed by atoms with Crippen molar-refractivity contribution in [3.05, 3.63) is 52.9 Å². The van der Waals surface area contributed by atoms with E-state index < -0.39 is 33.8 Å². The van der Waals surface area contributed by atoms with Crippen LogP contribution in [-0.4, -0.2) is 46.9 Å². The molecule has 1 aromatic heterocycles. The topological polar surface area (TPSA) is 90.4 Å². The Hall–Kier alpha value is -1.88. The summed E-state index contributed by atoms with van der Waals surface area (Å²) in [7, 11) is -3.47. The van der Waals surface area contributed by atoms with Crippen LogP contribution in [0.15, 0.2) is 24.4 Å². The van der Waals surface area contributed by atoms with Gasteiger partial charge in [-0.05, 0) is 31.5 Å². The second-order valence-electron chi connectivity index (χ2n) is 7.52. The minimum atomic E-state index is -3.47. The third-order valence-corrected chi connectivity index (χ3v) is 6.44. The molecule has 4 rings (SSSR count). The van der Waals surface area contributed by atoms with E-state index in [0.29, 0.717) is 25.2 Å². The van der Waals surface area contributed by atoms with Crippen LogP contribution in [0.25, 0.3) is 0 Å². The van der Waals surface area contributed by atoms with E-state index in [1.807, 2.05) is 6.92 Å². The number of hydrogen-bond acceptors (Lipinski definition) is 6. The summed E-state index contributed by atoms with van der Waals surface area (Å²) in [6, 6.07) is 2.66. The average Bonchev–Trinajstić information content (AvgIpc) is 3.18. The second kappa shape index (κ2) is 6.87. The van der Waals surface area contributed by atoms with Gasteiger partial charge in [-0.25, -0.2) is 17.2 Å². The number of nitrogens with zero attached hydrogens (tertiary/aromatic N) is 3. The molecule has 0 amide bonds. The van der Waals surface area contributed by atoms with E-state index in [4.69, 9.17) is 10.5 Å². The van der Waals surface area contributed by atoms with Crippen LogP contribution in [0.4, 0.5) is 8.78 Å². The first-order valence-electron chi connectivity index (χ1n) is 9.01. The number of benzene rings is 1. The van der Waals surface area contributed by atoms with Crippen molar-refractivity contribution in [3.63, 3.8) is 0 Å². The Kier molecular flexibility index (Phi) is 4.77. The molecule has 1 saturated heterocycles. The Bertz CT molecular complexity index is 1010. The fourth-order valence-corrected chi connectivity index (χ4v) is 4.96. The predicted octanol–water partition coefficient (Wildman–Crippen LogP) is 1.53. The Labute approximate surface area is 162 Å². The third kappa shape index (κ3) is 3.34. The van der Waals surface area contributed by atoms with E-state index in [1.54, 1.807) is 6.20 Å². The molecule has 2 N–H and O–H groups in total. The molecule has 4 atom stereocenters. The number of nitrogens with two attached hydrogens (primary N) is 1. The van der Waals surface area contributed by atoms with E-state index in [0.717, 1.165) is 34.1 Å². The van der Waals surface area contributed by atoms with Crippen molar-refractivity contribution in [2.75, 3.05) is 6.26 Å². The van der Waals surface area contributed by atoms with Crippen molar-refractivity contribution < 1.29 is 21.9 Å². The van der Waals surface area contributed by atoms with E-state index in [2.05, 4.69) is 10.00 Å². The van der Waals surface area contributed by atoms with Crippen LogP contribution in [0.3, 0.4) is 0 Å². The van der Waals surface area contributed by atoms with Crippen LogP contribution in [0.1, 0.15) is 36.3 Å². The van der Waals surface area contributed by atoms with Gasteiger partial charge in [-0.3, -0.25) is 4.90 Å². The highest BCUT2D eigenvalue weighted by Crippen LogP contribution is 2.37. The van der Waals surface area contributed by atoms with Crippen molar-refractivity contribution in [2.45, 2.75) is 50.7 Å². The third-order valence-electron chi connectivity index (χ3n) is 5.50. The lowest BCUT2D eigenvalue weighted by Crippen LogP contribution is -2.52. The van der Waals surface area contributed by atoms with Crippen molar-refractivity contribution in [3.8, 4) is 0 Å². The minimum Gasteiger partial charge on any atom is -0.367 e. The predicted molar refractivity (Wildman–Crippen MR) is 97.7 cm³/mol. The molecule has 0 spiro atoms. The van der Waals surface area contributed by atoms with Crippen molar-refractivity contribution in [1.29, 1.82) is 0 Å². The van der Waals surface area contributed by atoms with Crippen LogP contribution in [0, 0.1) is 11.6 Å². The summed E-state index contributed by atoms with van der Waals surface area (Å²) in [4.78, 5) is 2.09. The van der Waals surface area contributed by atoms with Gasteiger partial charge < -0.3 is 10.5 Å². The molecule has 1 fully saturated rings. The molecule has 3 heterocycles. The van der Waals surface area contributed by atoms with Gasteiger partial charge in [-0.15, -0.1) is 0 Å². The zero-order chi connectivity index (χ0) is 20.2. The molecule has 2 aliphatic rings. The van der Waals surface area contributed by atoms with Gasteiger partial charge in [-0.2, -0.15) is 9.19 Å². The summed E-state index contributed by atoms with van der Waals surface area (Å²) in [6.45, 7) is 2.81. The van der Waals surface area contributed by atoms with Crippen LogP contribution in [0.5, 0.6) is 0 Å². The molecule has 0 bridgehead atoms. The van der Waals surface area contributed by atoms with Gasteiger partial charge >= 0.3 is 0 Å². The van der Waals surface area contributed by atoms with E-state index in [1.165, 1.54) is 0 Å². The number of hydrogen-bond donors (Lipinski definition) is 1. The fourth-order valence-electron chi connectivity index (χ4n) is 4.17. The molecule has 7 nitrogen and oxygen atoms in total. The van der Waals surface area contributed by atoms with Crippen molar-refractivity contribution in [1.82, 2.24) is 14.1 Å². The van der Waals surface area contributed by atoms with Gasteiger partial charge in [0.15, 0.2) is 0 Å². The van der Waals surface area contributed by atoms with Crippen molar-refractivity contribution >= 4 is 10.0 Å². The molecule has 0 saturated carbocycles. The smallest absolute Gasteiger partial charge is 0.251 e. The highest BCUT2D eigenvalue weighted by Gasteiger charge is 2.41. The van der Waals surface area contributed by atoms with Crippen LogP contribution < -0.4 is 5.73 Å². The molecule has 28 heavy (non-hydrogen) atoms. The maximum atomic E-state index is 14.2. The first-order valence-corrected chi connectivity index (χ1v) is 10.9. The maximum Gasteiger partial charge on any atom is 0.251 e. The Balaban J connectivity index is 1.53. The molecule has 1 aromatic carbocycles. The summed E-state index contributed by atoms with van der Waals surface area (Å²) in [5.74, 6) is -1.09. The molecule has 152 valence electrons. The highest BCUT2D eigenvalue weighted by molar-refractivity contribution is 7.89. The highest BCUT2D eigenvalue weighted by atomic mass is 32.2. The molecule has 10 heteroatoms. The summed E-state index contributed by atoms with van der Waals surface area (Å²) in [5.41, 5.74) is 7.89. The zero-order valence-corrected chi connectivity index (χ0v) is 16.4.